The number of ether oxygens (including phenoxy) is 1. The Morgan fingerprint density at radius 3 is 2.73 bits per heavy atom. The molecule has 1 aliphatic rings. The highest BCUT2D eigenvalue weighted by molar-refractivity contribution is 6.03. The summed E-state index contributed by atoms with van der Waals surface area (Å²) in [6, 6.07) is 5.83. The highest BCUT2D eigenvalue weighted by atomic mass is 16.5. The van der Waals surface area contributed by atoms with Crippen LogP contribution in [0.15, 0.2) is 18.2 Å². The van der Waals surface area contributed by atoms with Crippen LogP contribution in [0, 0.1) is 5.92 Å². The van der Waals surface area contributed by atoms with Gasteiger partial charge in [-0.25, -0.2) is 0 Å². The van der Waals surface area contributed by atoms with Crippen molar-refractivity contribution in [2.24, 2.45) is 5.92 Å². The van der Waals surface area contributed by atoms with Gasteiger partial charge < -0.3 is 4.74 Å². The predicted molar refractivity (Wildman–Crippen MR) is 59.5 cm³/mol. The van der Waals surface area contributed by atoms with E-state index in [4.69, 9.17) is 4.74 Å². The van der Waals surface area contributed by atoms with Crippen LogP contribution in [-0.4, -0.2) is 12.9 Å². The van der Waals surface area contributed by atoms with Crippen molar-refractivity contribution in [3.63, 3.8) is 0 Å². The molecular weight excluding hydrogens is 188 g/mol. The number of fused-ring (bicyclic) bond motifs is 1. The van der Waals surface area contributed by atoms with Crippen molar-refractivity contribution in [1.82, 2.24) is 0 Å². The first-order valence-electron chi connectivity index (χ1n) is 5.41. The summed E-state index contributed by atoms with van der Waals surface area (Å²) < 4.78 is 5.14. The van der Waals surface area contributed by atoms with Crippen molar-refractivity contribution in [2.45, 2.75) is 26.2 Å². The Bertz CT molecular complexity index is 396. The van der Waals surface area contributed by atoms with Crippen molar-refractivity contribution < 1.29 is 9.53 Å². The summed E-state index contributed by atoms with van der Waals surface area (Å²) in [5, 5.41) is 0. The Kier molecular flexibility index (Phi) is 2.51. The van der Waals surface area contributed by atoms with Crippen molar-refractivity contribution in [3.8, 4) is 5.75 Å². The zero-order valence-corrected chi connectivity index (χ0v) is 9.41. The predicted octanol–water partition coefficient (Wildman–Crippen LogP) is 3.02. The third-order valence-corrected chi connectivity index (χ3v) is 3.38. The summed E-state index contributed by atoms with van der Waals surface area (Å²) in [6.45, 7) is 4.15. The van der Waals surface area contributed by atoms with Crippen LogP contribution < -0.4 is 4.74 Å². The molecule has 0 saturated carbocycles. The fraction of sp³-hybridized carbons (Fsp3) is 0.462. The minimum atomic E-state index is 0.122. The molecule has 0 amide bonds. The first-order valence-corrected chi connectivity index (χ1v) is 5.41. The highest BCUT2D eigenvalue weighted by Gasteiger charge is 2.35. The van der Waals surface area contributed by atoms with Crippen LogP contribution in [0.1, 0.15) is 42.1 Å². The number of carbonyl (C=O) groups is 1. The number of hydrogen-bond acceptors (Lipinski definition) is 2. The number of hydrogen-bond donors (Lipinski definition) is 0. The van der Waals surface area contributed by atoms with E-state index in [1.54, 1.807) is 7.11 Å². The average Bonchev–Trinajstić information content (AvgIpc) is 2.51. The molecule has 2 unspecified atom stereocenters. The molecule has 0 bridgehead atoms. The second kappa shape index (κ2) is 3.69. The Morgan fingerprint density at radius 1 is 1.40 bits per heavy atom. The van der Waals surface area contributed by atoms with E-state index in [0.717, 1.165) is 17.7 Å². The van der Waals surface area contributed by atoms with Gasteiger partial charge in [0.2, 0.25) is 0 Å². The molecule has 1 aliphatic carbocycles. The lowest BCUT2D eigenvalue weighted by Gasteiger charge is -2.12. The minimum absolute atomic E-state index is 0.122. The van der Waals surface area contributed by atoms with Crippen LogP contribution in [0.3, 0.4) is 0 Å². The Morgan fingerprint density at radius 2 is 2.13 bits per heavy atom. The van der Waals surface area contributed by atoms with Crippen LogP contribution in [0.2, 0.25) is 0 Å². The fourth-order valence-electron chi connectivity index (χ4n) is 2.47. The summed E-state index contributed by atoms with van der Waals surface area (Å²) in [6.07, 6.45) is 1.02. The molecule has 2 rings (SSSR count). The van der Waals surface area contributed by atoms with E-state index in [-0.39, 0.29) is 11.7 Å². The maximum Gasteiger partial charge on any atom is 0.166 e. The first-order chi connectivity index (χ1) is 7.19. The minimum Gasteiger partial charge on any atom is -0.497 e. The number of benzene rings is 1. The van der Waals surface area contributed by atoms with Crippen LogP contribution in [0.4, 0.5) is 0 Å². The SMILES string of the molecule is CCC1c2ccc(OC)cc2C(=O)C1C. The molecule has 1 aromatic rings. The quantitative estimate of drug-likeness (QED) is 0.740. The Labute approximate surface area is 90.3 Å². The lowest BCUT2D eigenvalue weighted by molar-refractivity contribution is 0.0933. The van der Waals surface area contributed by atoms with Crippen molar-refractivity contribution in [1.29, 1.82) is 0 Å². The number of Topliss-reactive ketones (excluding diaryl/α,β-unsaturated/α-hetero) is 1. The molecule has 0 radical (unpaired) electrons. The lowest BCUT2D eigenvalue weighted by atomic mass is 9.91. The molecule has 0 saturated heterocycles. The number of methoxy groups -OCH3 is 1. The topological polar surface area (TPSA) is 26.3 Å². The maximum atomic E-state index is 12.0. The second-order valence-electron chi connectivity index (χ2n) is 4.12. The maximum absolute atomic E-state index is 12.0. The van der Waals surface area contributed by atoms with E-state index >= 15 is 0 Å². The van der Waals surface area contributed by atoms with Crippen LogP contribution in [0.25, 0.3) is 0 Å². The smallest absolute Gasteiger partial charge is 0.166 e. The molecule has 15 heavy (non-hydrogen) atoms. The number of rotatable bonds is 2. The molecule has 2 nitrogen and oxygen atoms in total. The summed E-state index contributed by atoms with van der Waals surface area (Å²) >= 11 is 0. The normalized spacial score (nSPS) is 24.1. The fourth-order valence-corrected chi connectivity index (χ4v) is 2.47. The molecule has 0 N–H and O–H groups in total. The molecule has 2 atom stereocenters. The molecule has 0 spiro atoms. The van der Waals surface area contributed by atoms with Gasteiger partial charge >= 0.3 is 0 Å². The summed E-state index contributed by atoms with van der Waals surface area (Å²) in [7, 11) is 1.63. The van der Waals surface area contributed by atoms with Gasteiger partial charge in [0.05, 0.1) is 7.11 Å². The Hall–Kier alpha value is -1.31. The van der Waals surface area contributed by atoms with Gasteiger partial charge in [-0.3, -0.25) is 4.79 Å². The lowest BCUT2D eigenvalue weighted by Crippen LogP contribution is -2.08. The standard InChI is InChI=1S/C13H16O2/c1-4-10-8(2)13(14)12-7-9(15-3)5-6-11(10)12/h5-8,10H,4H2,1-3H3. The van der Waals surface area contributed by atoms with Crippen LogP contribution in [-0.2, 0) is 0 Å². The van der Waals surface area contributed by atoms with Crippen molar-refractivity contribution >= 4 is 5.78 Å². The van der Waals surface area contributed by atoms with Gasteiger partial charge in [0.25, 0.3) is 0 Å². The monoisotopic (exact) mass is 204 g/mol. The van der Waals surface area contributed by atoms with Crippen LogP contribution in [0.5, 0.6) is 5.75 Å². The van der Waals surface area contributed by atoms with E-state index in [1.165, 1.54) is 5.56 Å². The average molecular weight is 204 g/mol. The zero-order chi connectivity index (χ0) is 11.0. The molecule has 0 aliphatic heterocycles. The van der Waals surface area contributed by atoms with Crippen molar-refractivity contribution in [3.05, 3.63) is 29.3 Å². The highest BCUT2D eigenvalue weighted by Crippen LogP contribution is 2.40. The van der Waals surface area contributed by atoms with Crippen LogP contribution >= 0.6 is 0 Å². The third-order valence-electron chi connectivity index (χ3n) is 3.38. The molecule has 0 fully saturated rings. The van der Waals surface area contributed by atoms with Crippen molar-refractivity contribution in [2.75, 3.05) is 7.11 Å². The van der Waals surface area contributed by atoms with Gasteiger partial charge in [-0.15, -0.1) is 0 Å². The van der Waals surface area contributed by atoms with E-state index in [2.05, 4.69) is 6.92 Å². The summed E-state index contributed by atoms with van der Waals surface area (Å²) in [5.41, 5.74) is 2.05. The molecule has 0 heterocycles. The van der Waals surface area contributed by atoms with Gasteiger partial charge in [-0.05, 0) is 30.0 Å². The number of carbonyl (C=O) groups excluding carboxylic acids is 1. The van der Waals surface area contributed by atoms with Gasteiger partial charge in [0.1, 0.15) is 5.75 Å². The molecule has 80 valence electrons. The molecule has 2 heteroatoms. The first kappa shape index (κ1) is 10.2. The van der Waals surface area contributed by atoms with Gasteiger partial charge in [-0.2, -0.15) is 0 Å². The molecule has 0 aromatic heterocycles. The summed E-state index contributed by atoms with van der Waals surface area (Å²) in [4.78, 5) is 12.0. The van der Waals surface area contributed by atoms with E-state index < -0.39 is 0 Å². The van der Waals surface area contributed by atoms with E-state index in [0.29, 0.717) is 5.92 Å². The molecule has 1 aromatic carbocycles. The van der Waals surface area contributed by atoms with Gasteiger partial charge in [-0.1, -0.05) is 19.9 Å². The van der Waals surface area contributed by atoms with Gasteiger partial charge in [0.15, 0.2) is 5.78 Å². The van der Waals surface area contributed by atoms with E-state index in [9.17, 15) is 4.79 Å². The molecular formula is C13H16O2. The Balaban J connectivity index is 2.50. The van der Waals surface area contributed by atoms with Gasteiger partial charge in [0, 0.05) is 11.5 Å². The third kappa shape index (κ3) is 1.44. The summed E-state index contributed by atoms with van der Waals surface area (Å²) in [5.74, 6) is 1.54. The second-order valence-corrected chi connectivity index (χ2v) is 4.12. The zero-order valence-electron chi connectivity index (χ0n) is 9.41. The largest absolute Gasteiger partial charge is 0.497 e. The number of ketones is 1. The van der Waals surface area contributed by atoms with E-state index in [1.807, 2.05) is 25.1 Å².